The zero-order valence-electron chi connectivity index (χ0n) is 18.8. The first-order chi connectivity index (χ1) is 15.8. The van der Waals surface area contributed by atoms with Crippen LogP contribution in [0.4, 0.5) is 0 Å². The van der Waals surface area contributed by atoms with E-state index < -0.39 is 22.7 Å². The van der Waals surface area contributed by atoms with Gasteiger partial charge in [0, 0.05) is 19.2 Å². The SMILES string of the molecule is CCOC(=O)CN(Cc1cccc(OCc2nc(-c3ccccc3)oc2C)c1)S(=O)(=O)NC. The van der Waals surface area contributed by atoms with Gasteiger partial charge >= 0.3 is 5.97 Å². The van der Waals surface area contributed by atoms with Crippen molar-refractivity contribution in [2.75, 3.05) is 20.2 Å². The highest BCUT2D eigenvalue weighted by Crippen LogP contribution is 2.23. The number of oxazole rings is 1. The molecule has 10 heteroatoms. The first kappa shape index (κ1) is 24.4. The lowest BCUT2D eigenvalue weighted by molar-refractivity contribution is -0.143. The third-order valence-corrected chi connectivity index (χ3v) is 6.21. The summed E-state index contributed by atoms with van der Waals surface area (Å²) < 4.78 is 44.5. The second-order valence-electron chi connectivity index (χ2n) is 7.11. The second-order valence-corrected chi connectivity index (χ2v) is 8.98. The van der Waals surface area contributed by atoms with Gasteiger partial charge in [0.05, 0.1) is 6.61 Å². The molecule has 0 aliphatic heterocycles. The van der Waals surface area contributed by atoms with Crippen LogP contribution in [0.1, 0.15) is 23.9 Å². The van der Waals surface area contributed by atoms with E-state index in [1.165, 1.54) is 7.05 Å². The van der Waals surface area contributed by atoms with E-state index >= 15 is 0 Å². The average Bonchev–Trinajstić information content (AvgIpc) is 3.19. The molecule has 176 valence electrons. The predicted molar refractivity (Wildman–Crippen MR) is 122 cm³/mol. The number of carbonyl (C=O) groups is 1. The van der Waals surface area contributed by atoms with E-state index in [0.29, 0.717) is 28.7 Å². The maximum absolute atomic E-state index is 12.4. The van der Waals surface area contributed by atoms with Crippen molar-refractivity contribution in [3.63, 3.8) is 0 Å². The third-order valence-electron chi connectivity index (χ3n) is 4.75. The lowest BCUT2D eigenvalue weighted by atomic mass is 10.2. The minimum absolute atomic E-state index is 0.0274. The van der Waals surface area contributed by atoms with Crippen LogP contribution in [0.2, 0.25) is 0 Å². The Morgan fingerprint density at radius 2 is 1.91 bits per heavy atom. The maximum atomic E-state index is 12.4. The molecule has 0 saturated carbocycles. The fourth-order valence-electron chi connectivity index (χ4n) is 3.06. The molecule has 1 aromatic heterocycles. The fourth-order valence-corrected chi connectivity index (χ4v) is 3.91. The number of rotatable bonds is 11. The van der Waals surface area contributed by atoms with Crippen molar-refractivity contribution in [2.45, 2.75) is 27.0 Å². The van der Waals surface area contributed by atoms with E-state index in [4.69, 9.17) is 13.9 Å². The Hall–Kier alpha value is -3.21. The van der Waals surface area contributed by atoms with Gasteiger partial charge in [-0.05, 0) is 43.7 Å². The van der Waals surface area contributed by atoms with E-state index in [2.05, 4.69) is 9.71 Å². The highest BCUT2D eigenvalue weighted by atomic mass is 32.2. The number of carbonyl (C=O) groups excluding carboxylic acids is 1. The smallest absolute Gasteiger partial charge is 0.321 e. The van der Waals surface area contributed by atoms with Gasteiger partial charge in [0.15, 0.2) is 0 Å². The summed E-state index contributed by atoms with van der Waals surface area (Å²) in [5.74, 6) is 1.09. The summed E-state index contributed by atoms with van der Waals surface area (Å²) in [7, 11) is -2.56. The number of nitrogens with zero attached hydrogens (tertiary/aromatic N) is 2. The lowest BCUT2D eigenvalue weighted by Gasteiger charge is -2.20. The van der Waals surface area contributed by atoms with E-state index in [-0.39, 0.29) is 19.8 Å². The molecule has 0 aliphatic rings. The van der Waals surface area contributed by atoms with Crippen molar-refractivity contribution in [2.24, 2.45) is 0 Å². The summed E-state index contributed by atoms with van der Waals surface area (Å²) in [5.41, 5.74) is 2.19. The predicted octanol–water partition coefficient (Wildman–Crippen LogP) is 3.06. The molecule has 0 fully saturated rings. The summed E-state index contributed by atoms with van der Waals surface area (Å²) in [5, 5.41) is 0. The van der Waals surface area contributed by atoms with Crippen molar-refractivity contribution < 1.29 is 27.1 Å². The van der Waals surface area contributed by atoms with Crippen LogP contribution in [0, 0.1) is 6.92 Å². The van der Waals surface area contributed by atoms with Crippen molar-refractivity contribution >= 4 is 16.2 Å². The number of hydrogen-bond donors (Lipinski definition) is 1. The molecule has 33 heavy (non-hydrogen) atoms. The molecule has 1 N–H and O–H groups in total. The Balaban J connectivity index is 1.70. The normalized spacial score (nSPS) is 11.5. The van der Waals surface area contributed by atoms with Crippen LogP contribution in [0.3, 0.4) is 0 Å². The number of esters is 1. The van der Waals surface area contributed by atoms with Crippen molar-refractivity contribution in [3.8, 4) is 17.2 Å². The van der Waals surface area contributed by atoms with Crippen molar-refractivity contribution in [1.29, 1.82) is 0 Å². The van der Waals surface area contributed by atoms with Gasteiger partial charge in [0.2, 0.25) is 5.89 Å². The largest absolute Gasteiger partial charge is 0.487 e. The number of hydrogen-bond acceptors (Lipinski definition) is 7. The second kappa shape index (κ2) is 11.1. The molecule has 0 radical (unpaired) electrons. The molecule has 0 amide bonds. The van der Waals surface area contributed by atoms with Gasteiger partial charge in [0.1, 0.15) is 30.4 Å². The summed E-state index contributed by atoms with van der Waals surface area (Å²) in [4.78, 5) is 16.4. The summed E-state index contributed by atoms with van der Waals surface area (Å²) >= 11 is 0. The number of aromatic nitrogens is 1. The molecule has 0 spiro atoms. The van der Waals surface area contributed by atoms with Gasteiger partial charge in [-0.1, -0.05) is 30.3 Å². The van der Waals surface area contributed by atoms with Gasteiger partial charge < -0.3 is 13.9 Å². The molecule has 3 rings (SSSR count). The quantitative estimate of drug-likeness (QED) is 0.426. The Labute approximate surface area is 193 Å². The average molecular weight is 474 g/mol. The molecule has 0 unspecified atom stereocenters. The van der Waals surface area contributed by atoms with Gasteiger partial charge in [-0.15, -0.1) is 0 Å². The van der Waals surface area contributed by atoms with E-state index in [1.807, 2.05) is 37.3 Å². The Morgan fingerprint density at radius 3 is 2.61 bits per heavy atom. The Morgan fingerprint density at radius 1 is 1.15 bits per heavy atom. The Kier molecular flexibility index (Phi) is 8.21. The van der Waals surface area contributed by atoms with E-state index in [0.717, 1.165) is 9.87 Å². The van der Waals surface area contributed by atoms with Crippen molar-refractivity contribution in [1.82, 2.24) is 14.0 Å². The Bertz CT molecular complexity index is 1180. The standard InChI is InChI=1S/C23H27N3O6S/c1-4-30-22(27)15-26(33(28,29)24-3)14-18-9-8-12-20(13-18)31-16-21-17(2)32-23(25-21)19-10-6-5-7-11-19/h5-13,24H,4,14-16H2,1-3H3. The third kappa shape index (κ3) is 6.64. The topological polar surface area (TPSA) is 111 Å². The molecule has 0 bridgehead atoms. The van der Waals surface area contributed by atoms with E-state index in [9.17, 15) is 13.2 Å². The molecule has 0 saturated heterocycles. The van der Waals surface area contributed by atoms with Crippen LogP contribution in [0.25, 0.3) is 11.5 Å². The first-order valence-corrected chi connectivity index (χ1v) is 11.8. The minimum atomic E-state index is -3.85. The zero-order chi connectivity index (χ0) is 23.8. The molecule has 0 aliphatic carbocycles. The van der Waals surface area contributed by atoms with Crippen LogP contribution >= 0.6 is 0 Å². The minimum Gasteiger partial charge on any atom is -0.487 e. The summed E-state index contributed by atoms with van der Waals surface area (Å²) in [6.45, 7) is 3.41. The monoisotopic (exact) mass is 473 g/mol. The lowest BCUT2D eigenvalue weighted by Crippen LogP contribution is -2.41. The molecule has 1 heterocycles. The van der Waals surface area contributed by atoms with Gasteiger partial charge in [-0.2, -0.15) is 12.7 Å². The van der Waals surface area contributed by atoms with Gasteiger partial charge in [0.25, 0.3) is 10.2 Å². The molecular formula is C23H27N3O6S. The van der Waals surface area contributed by atoms with E-state index in [1.54, 1.807) is 31.2 Å². The number of nitrogens with one attached hydrogen (secondary N) is 1. The summed E-state index contributed by atoms with van der Waals surface area (Å²) in [6.07, 6.45) is 0. The van der Waals surface area contributed by atoms with Crippen molar-refractivity contribution in [3.05, 3.63) is 71.6 Å². The molecule has 3 aromatic rings. The highest BCUT2D eigenvalue weighted by Gasteiger charge is 2.24. The van der Waals surface area contributed by atoms with Crippen LogP contribution in [-0.4, -0.2) is 43.9 Å². The van der Waals surface area contributed by atoms with Crippen LogP contribution in [0.15, 0.2) is 59.0 Å². The molecule has 2 aromatic carbocycles. The first-order valence-electron chi connectivity index (χ1n) is 10.4. The van der Waals surface area contributed by atoms with Gasteiger partial charge in [-0.25, -0.2) is 9.71 Å². The molecule has 0 atom stereocenters. The highest BCUT2D eigenvalue weighted by molar-refractivity contribution is 7.87. The summed E-state index contributed by atoms with van der Waals surface area (Å²) in [6, 6.07) is 16.6. The maximum Gasteiger partial charge on any atom is 0.321 e. The number of ether oxygens (including phenoxy) is 2. The number of aryl methyl sites for hydroxylation is 1. The number of benzene rings is 2. The van der Waals surface area contributed by atoms with Crippen LogP contribution in [0.5, 0.6) is 5.75 Å². The van der Waals surface area contributed by atoms with Crippen LogP contribution in [-0.2, 0) is 32.9 Å². The fraction of sp³-hybridized carbons (Fsp3) is 0.304. The molecular weight excluding hydrogens is 446 g/mol. The van der Waals surface area contributed by atoms with Crippen LogP contribution < -0.4 is 9.46 Å². The zero-order valence-corrected chi connectivity index (χ0v) is 19.6. The van der Waals surface area contributed by atoms with Gasteiger partial charge in [-0.3, -0.25) is 4.79 Å². The molecule has 9 nitrogen and oxygen atoms in total.